The van der Waals surface area contributed by atoms with Gasteiger partial charge in [-0.25, -0.2) is 0 Å². The second-order valence-electron chi connectivity index (χ2n) is 6.36. The van der Waals surface area contributed by atoms with Crippen molar-refractivity contribution >= 4 is 0 Å². The summed E-state index contributed by atoms with van der Waals surface area (Å²) in [5.74, 6) is 0.744. The van der Waals surface area contributed by atoms with Crippen molar-refractivity contribution in [1.82, 2.24) is 5.32 Å². The lowest BCUT2D eigenvalue weighted by atomic mass is 10.0. The van der Waals surface area contributed by atoms with Gasteiger partial charge in [-0.2, -0.15) is 0 Å². The van der Waals surface area contributed by atoms with Gasteiger partial charge >= 0.3 is 0 Å². The summed E-state index contributed by atoms with van der Waals surface area (Å²) in [7, 11) is 0. The van der Waals surface area contributed by atoms with Crippen LogP contribution in [-0.2, 0) is 4.74 Å². The van der Waals surface area contributed by atoms with Crippen LogP contribution in [0, 0.1) is 5.92 Å². The van der Waals surface area contributed by atoms with Crippen LogP contribution in [-0.4, -0.2) is 36.0 Å². The van der Waals surface area contributed by atoms with E-state index >= 15 is 0 Å². The van der Waals surface area contributed by atoms with Gasteiger partial charge in [-0.05, 0) is 46.5 Å². The van der Waals surface area contributed by atoms with Gasteiger partial charge in [-0.1, -0.05) is 13.8 Å². The third-order valence-electron chi connectivity index (χ3n) is 2.59. The van der Waals surface area contributed by atoms with Crippen molar-refractivity contribution < 1.29 is 9.84 Å². The summed E-state index contributed by atoms with van der Waals surface area (Å²) < 4.78 is 5.53. The number of aliphatic hydroxyl groups excluding tert-OH is 1. The van der Waals surface area contributed by atoms with Crippen molar-refractivity contribution in [2.75, 3.05) is 13.2 Å². The van der Waals surface area contributed by atoms with E-state index in [-0.39, 0.29) is 5.60 Å². The zero-order chi connectivity index (χ0) is 13.5. The van der Waals surface area contributed by atoms with Gasteiger partial charge in [-0.3, -0.25) is 0 Å². The summed E-state index contributed by atoms with van der Waals surface area (Å²) in [6, 6.07) is 0.460. The Morgan fingerprint density at radius 2 is 1.71 bits per heavy atom. The van der Waals surface area contributed by atoms with Crippen LogP contribution in [0.2, 0.25) is 0 Å². The number of rotatable bonds is 8. The normalized spacial score (nSPS) is 16.2. The topological polar surface area (TPSA) is 41.5 Å². The molecule has 3 heteroatoms. The minimum Gasteiger partial charge on any atom is -0.389 e. The maximum Gasteiger partial charge on any atom is 0.0898 e. The molecule has 0 aromatic carbocycles. The number of hydrogen-bond acceptors (Lipinski definition) is 3. The van der Waals surface area contributed by atoms with Gasteiger partial charge in [0.25, 0.3) is 0 Å². The highest BCUT2D eigenvalue weighted by Crippen LogP contribution is 2.08. The van der Waals surface area contributed by atoms with Gasteiger partial charge in [0, 0.05) is 12.6 Å². The minimum atomic E-state index is -0.421. The summed E-state index contributed by atoms with van der Waals surface area (Å²) in [5, 5.41) is 13.1. The summed E-state index contributed by atoms with van der Waals surface area (Å²) >= 11 is 0. The number of nitrogens with one attached hydrogen (secondary N) is 1. The first-order chi connectivity index (χ1) is 7.70. The Balaban J connectivity index is 3.58. The van der Waals surface area contributed by atoms with Crippen LogP contribution in [0.15, 0.2) is 0 Å². The molecule has 0 unspecified atom stereocenters. The molecule has 0 heterocycles. The molecule has 0 saturated heterocycles. The molecule has 2 atom stereocenters. The fourth-order valence-corrected chi connectivity index (χ4v) is 1.43. The molecule has 0 aliphatic heterocycles. The van der Waals surface area contributed by atoms with E-state index in [2.05, 4.69) is 26.1 Å². The molecular formula is C14H31NO2. The molecule has 0 rings (SSSR count). The largest absolute Gasteiger partial charge is 0.389 e. The van der Waals surface area contributed by atoms with E-state index in [1.54, 1.807) is 0 Å². The predicted octanol–water partition coefficient (Wildman–Crippen LogP) is 2.58. The van der Waals surface area contributed by atoms with Crippen molar-refractivity contribution in [3.8, 4) is 0 Å². The van der Waals surface area contributed by atoms with Gasteiger partial charge in [0.1, 0.15) is 0 Å². The molecule has 0 spiro atoms. The molecule has 17 heavy (non-hydrogen) atoms. The molecule has 0 amide bonds. The highest BCUT2D eigenvalue weighted by atomic mass is 16.5. The average molecular weight is 245 g/mol. The van der Waals surface area contributed by atoms with Crippen LogP contribution >= 0.6 is 0 Å². The van der Waals surface area contributed by atoms with Crippen LogP contribution in [0.5, 0.6) is 0 Å². The van der Waals surface area contributed by atoms with Crippen LogP contribution in [0.25, 0.3) is 0 Å². The second-order valence-corrected chi connectivity index (χ2v) is 6.36. The molecule has 0 fully saturated rings. The maximum absolute atomic E-state index is 9.75. The number of ether oxygens (including phenoxy) is 1. The first kappa shape index (κ1) is 16.9. The van der Waals surface area contributed by atoms with Crippen molar-refractivity contribution in [2.45, 2.75) is 72.1 Å². The van der Waals surface area contributed by atoms with Crippen molar-refractivity contribution in [1.29, 1.82) is 0 Å². The Bertz CT molecular complexity index is 187. The Labute approximate surface area is 107 Å². The molecule has 0 aromatic heterocycles. The predicted molar refractivity (Wildman–Crippen MR) is 73.2 cm³/mol. The monoisotopic (exact) mass is 245 g/mol. The summed E-state index contributed by atoms with van der Waals surface area (Å²) in [6.45, 7) is 13.6. The lowest BCUT2D eigenvalue weighted by molar-refractivity contribution is -0.0483. The third-order valence-corrected chi connectivity index (χ3v) is 2.59. The third kappa shape index (κ3) is 12.1. The van der Waals surface area contributed by atoms with E-state index in [0.29, 0.717) is 19.2 Å². The molecule has 0 aliphatic carbocycles. The smallest absolute Gasteiger partial charge is 0.0898 e. The molecule has 0 saturated carbocycles. The van der Waals surface area contributed by atoms with Gasteiger partial charge in [0.15, 0.2) is 0 Å². The summed E-state index contributed by atoms with van der Waals surface area (Å²) in [6.07, 6.45) is 1.96. The van der Waals surface area contributed by atoms with Crippen LogP contribution < -0.4 is 5.32 Å². The van der Waals surface area contributed by atoms with Crippen molar-refractivity contribution in [3.63, 3.8) is 0 Å². The van der Waals surface area contributed by atoms with Crippen LogP contribution in [0.3, 0.4) is 0 Å². The molecular weight excluding hydrogens is 214 g/mol. The van der Waals surface area contributed by atoms with Gasteiger partial charge in [-0.15, -0.1) is 0 Å². The molecule has 0 bridgehead atoms. The standard InChI is InChI=1S/C14H31NO2/c1-11(2)7-8-12(3)15-9-13(16)10-17-14(4,5)6/h11-13,15-16H,7-10H2,1-6H3/t12-,13+/m1/s1. The Hall–Kier alpha value is -0.120. The van der Waals surface area contributed by atoms with Crippen molar-refractivity contribution in [3.05, 3.63) is 0 Å². The average Bonchev–Trinajstić information content (AvgIpc) is 2.19. The number of aliphatic hydroxyl groups is 1. The van der Waals surface area contributed by atoms with E-state index in [1.807, 2.05) is 20.8 Å². The number of hydrogen-bond donors (Lipinski definition) is 2. The molecule has 0 radical (unpaired) electrons. The Kier molecular flexibility index (Phi) is 8.01. The maximum atomic E-state index is 9.75. The Morgan fingerprint density at radius 3 is 2.18 bits per heavy atom. The van der Waals surface area contributed by atoms with Crippen LogP contribution in [0.4, 0.5) is 0 Å². The summed E-state index contributed by atoms with van der Waals surface area (Å²) in [5.41, 5.74) is -0.176. The molecule has 104 valence electrons. The highest BCUT2D eigenvalue weighted by Gasteiger charge is 2.14. The van der Waals surface area contributed by atoms with E-state index in [4.69, 9.17) is 4.74 Å². The zero-order valence-corrected chi connectivity index (χ0v) is 12.4. The molecule has 2 N–H and O–H groups in total. The first-order valence-electron chi connectivity index (χ1n) is 6.76. The van der Waals surface area contributed by atoms with E-state index in [1.165, 1.54) is 6.42 Å². The SMILES string of the molecule is CC(C)CC[C@@H](C)NC[C@H](O)COC(C)(C)C. The van der Waals surface area contributed by atoms with E-state index in [9.17, 15) is 5.11 Å². The molecule has 3 nitrogen and oxygen atoms in total. The van der Waals surface area contributed by atoms with Gasteiger partial charge < -0.3 is 15.2 Å². The Morgan fingerprint density at radius 1 is 1.12 bits per heavy atom. The first-order valence-corrected chi connectivity index (χ1v) is 6.76. The zero-order valence-electron chi connectivity index (χ0n) is 12.4. The fraction of sp³-hybridized carbons (Fsp3) is 1.00. The fourth-order valence-electron chi connectivity index (χ4n) is 1.43. The van der Waals surface area contributed by atoms with E-state index < -0.39 is 6.10 Å². The van der Waals surface area contributed by atoms with Gasteiger partial charge in [0.05, 0.1) is 18.3 Å². The summed E-state index contributed by atoms with van der Waals surface area (Å²) in [4.78, 5) is 0. The highest BCUT2D eigenvalue weighted by molar-refractivity contribution is 4.67. The minimum absolute atomic E-state index is 0.176. The van der Waals surface area contributed by atoms with Crippen LogP contribution in [0.1, 0.15) is 54.4 Å². The quantitative estimate of drug-likeness (QED) is 0.690. The van der Waals surface area contributed by atoms with Crippen molar-refractivity contribution in [2.24, 2.45) is 5.92 Å². The second kappa shape index (κ2) is 8.06. The lowest BCUT2D eigenvalue weighted by Crippen LogP contribution is -2.37. The van der Waals surface area contributed by atoms with Gasteiger partial charge in [0.2, 0.25) is 0 Å². The molecule has 0 aromatic rings. The van der Waals surface area contributed by atoms with E-state index in [0.717, 1.165) is 12.3 Å². The lowest BCUT2D eigenvalue weighted by Gasteiger charge is -2.23. The molecule has 0 aliphatic rings.